The third-order valence-corrected chi connectivity index (χ3v) is 8.87. The Hall–Kier alpha value is -6.82. The number of carbonyl (C=O) groups is 4. The van der Waals surface area contributed by atoms with E-state index in [2.05, 4.69) is 23.4 Å². The molecule has 0 unspecified atom stereocenters. The van der Waals surface area contributed by atoms with E-state index in [4.69, 9.17) is 28.4 Å². The summed E-state index contributed by atoms with van der Waals surface area (Å²) in [4.78, 5) is 47.8. The molecule has 0 bridgehead atoms. The molecule has 12 nitrogen and oxygen atoms in total. The number of esters is 4. The Bertz CT molecular complexity index is 2070. The van der Waals surface area contributed by atoms with E-state index in [0.717, 1.165) is 60.4 Å². The van der Waals surface area contributed by atoms with Crippen molar-refractivity contribution in [2.45, 2.75) is 65.2 Å². The second-order valence-corrected chi connectivity index (χ2v) is 13.2. The van der Waals surface area contributed by atoms with Crippen LogP contribution in [0.2, 0.25) is 0 Å². The van der Waals surface area contributed by atoms with Crippen LogP contribution in [0.15, 0.2) is 133 Å². The summed E-state index contributed by atoms with van der Waals surface area (Å²) in [5, 5.41) is 9.13. The molecule has 4 rings (SSSR count). The highest BCUT2D eigenvalue weighted by molar-refractivity contribution is 6.03. The minimum absolute atomic E-state index is 0.305. The number of nitrogens with zero attached hydrogens (tertiary/aromatic N) is 2. The lowest BCUT2D eigenvalue weighted by Crippen LogP contribution is -2.09. The Morgan fingerprint density at radius 2 is 0.767 bits per heavy atom. The van der Waals surface area contributed by atoms with Crippen molar-refractivity contribution in [2.24, 2.45) is 10.2 Å². The SMILES string of the molecule is C=CC(=O)OCCCCCCOc1ccc(C(=O)Oc2ccc(C(CC)=NN=C(CC)c3ccc(OC(=O)c4ccc(OCCCCOC(=O)C=C)cc4)cc3)cc2)cc1. The van der Waals surface area contributed by atoms with Gasteiger partial charge in [-0.25, -0.2) is 19.2 Å². The molecule has 0 fully saturated rings. The monoisotopic (exact) mass is 816 g/mol. The molecule has 0 aliphatic carbocycles. The van der Waals surface area contributed by atoms with Crippen LogP contribution < -0.4 is 18.9 Å². The topological polar surface area (TPSA) is 148 Å². The van der Waals surface area contributed by atoms with Crippen molar-refractivity contribution in [3.63, 3.8) is 0 Å². The van der Waals surface area contributed by atoms with Gasteiger partial charge in [-0.15, -0.1) is 0 Å². The van der Waals surface area contributed by atoms with Crippen LogP contribution in [0.4, 0.5) is 0 Å². The van der Waals surface area contributed by atoms with Gasteiger partial charge in [0.2, 0.25) is 0 Å². The zero-order chi connectivity index (χ0) is 43.0. The van der Waals surface area contributed by atoms with Gasteiger partial charge in [0.1, 0.15) is 23.0 Å². The van der Waals surface area contributed by atoms with E-state index in [1.165, 1.54) is 0 Å². The first kappa shape index (κ1) is 45.9. The summed E-state index contributed by atoms with van der Waals surface area (Å²) in [7, 11) is 0. The summed E-state index contributed by atoms with van der Waals surface area (Å²) in [6.07, 6.45) is 8.43. The van der Waals surface area contributed by atoms with Crippen molar-refractivity contribution in [1.82, 2.24) is 0 Å². The van der Waals surface area contributed by atoms with Crippen molar-refractivity contribution in [3.05, 3.63) is 145 Å². The molecule has 0 aliphatic heterocycles. The lowest BCUT2D eigenvalue weighted by atomic mass is 10.1. The quantitative estimate of drug-likeness (QED) is 0.0158. The van der Waals surface area contributed by atoms with Gasteiger partial charge in [-0.2, -0.15) is 10.2 Å². The molecule has 0 N–H and O–H groups in total. The Morgan fingerprint density at radius 3 is 1.13 bits per heavy atom. The van der Waals surface area contributed by atoms with Gasteiger partial charge >= 0.3 is 23.9 Å². The second kappa shape index (κ2) is 25.5. The van der Waals surface area contributed by atoms with Gasteiger partial charge in [0.25, 0.3) is 0 Å². The Balaban J connectivity index is 1.22. The van der Waals surface area contributed by atoms with Crippen molar-refractivity contribution >= 4 is 35.3 Å². The molecule has 0 aliphatic rings. The zero-order valence-corrected chi connectivity index (χ0v) is 34.3. The largest absolute Gasteiger partial charge is 0.494 e. The van der Waals surface area contributed by atoms with E-state index in [0.29, 0.717) is 86.2 Å². The van der Waals surface area contributed by atoms with Crippen molar-refractivity contribution < 1.29 is 47.6 Å². The average Bonchev–Trinajstić information content (AvgIpc) is 3.28. The predicted molar refractivity (Wildman–Crippen MR) is 230 cm³/mol. The molecular weight excluding hydrogens is 765 g/mol. The summed E-state index contributed by atoms with van der Waals surface area (Å²) >= 11 is 0. The first-order valence-corrected chi connectivity index (χ1v) is 20.1. The molecule has 0 spiro atoms. The van der Waals surface area contributed by atoms with Crippen LogP contribution in [-0.4, -0.2) is 61.7 Å². The first-order chi connectivity index (χ1) is 29.2. The van der Waals surface area contributed by atoms with Crippen LogP contribution in [0.5, 0.6) is 23.0 Å². The Labute approximate surface area is 351 Å². The van der Waals surface area contributed by atoms with Crippen LogP contribution in [0.1, 0.15) is 97.1 Å². The van der Waals surface area contributed by atoms with Crippen LogP contribution >= 0.6 is 0 Å². The van der Waals surface area contributed by atoms with E-state index in [1.807, 2.05) is 38.1 Å². The van der Waals surface area contributed by atoms with E-state index >= 15 is 0 Å². The number of ether oxygens (including phenoxy) is 6. The number of unbranched alkanes of at least 4 members (excludes halogenated alkanes) is 4. The number of hydrogen-bond donors (Lipinski definition) is 0. The molecule has 314 valence electrons. The summed E-state index contributed by atoms with van der Waals surface area (Å²) in [6.45, 7) is 12.4. The van der Waals surface area contributed by atoms with Gasteiger partial charge in [0.15, 0.2) is 0 Å². The van der Waals surface area contributed by atoms with E-state index in [9.17, 15) is 19.2 Å². The van der Waals surface area contributed by atoms with Gasteiger partial charge in [-0.05, 0) is 160 Å². The molecule has 0 saturated heterocycles. The Morgan fingerprint density at radius 1 is 0.450 bits per heavy atom. The molecule has 0 heterocycles. The van der Waals surface area contributed by atoms with Crippen LogP contribution in [0.3, 0.4) is 0 Å². The average molecular weight is 817 g/mol. The molecule has 0 saturated carbocycles. The maximum atomic E-state index is 12.8. The molecule has 0 aromatic heterocycles. The zero-order valence-electron chi connectivity index (χ0n) is 34.3. The third-order valence-electron chi connectivity index (χ3n) is 8.87. The fourth-order valence-corrected chi connectivity index (χ4v) is 5.53. The highest BCUT2D eigenvalue weighted by Crippen LogP contribution is 2.21. The molecule has 4 aromatic rings. The number of benzene rings is 4. The first-order valence-electron chi connectivity index (χ1n) is 20.1. The highest BCUT2D eigenvalue weighted by atomic mass is 16.5. The van der Waals surface area contributed by atoms with E-state index < -0.39 is 23.9 Å². The summed E-state index contributed by atoms with van der Waals surface area (Å²) in [5.74, 6) is 0.245. The lowest BCUT2D eigenvalue weighted by Gasteiger charge is -2.09. The van der Waals surface area contributed by atoms with E-state index in [1.54, 1.807) is 72.8 Å². The van der Waals surface area contributed by atoms with Crippen LogP contribution in [0.25, 0.3) is 0 Å². The Kier molecular flexibility index (Phi) is 19.5. The van der Waals surface area contributed by atoms with Crippen molar-refractivity contribution in [3.8, 4) is 23.0 Å². The minimum atomic E-state index is -0.497. The fourth-order valence-electron chi connectivity index (χ4n) is 5.53. The fraction of sp³-hybridized carbons (Fsp3) is 0.292. The van der Waals surface area contributed by atoms with E-state index in [-0.39, 0.29) is 0 Å². The van der Waals surface area contributed by atoms with Crippen LogP contribution in [-0.2, 0) is 19.1 Å². The summed E-state index contributed by atoms with van der Waals surface area (Å²) < 4.78 is 32.6. The molecule has 0 radical (unpaired) electrons. The van der Waals surface area contributed by atoms with Crippen LogP contribution in [0, 0.1) is 0 Å². The smallest absolute Gasteiger partial charge is 0.343 e. The maximum Gasteiger partial charge on any atom is 0.343 e. The number of rotatable bonds is 25. The maximum absolute atomic E-state index is 12.8. The summed E-state index contributed by atoms with van der Waals surface area (Å²) in [6, 6.07) is 27.8. The standard InChI is InChI=1S/C48H52N2O10/c1-5-43(35-15-27-41(28-16-35)59-47(53)37-19-23-39(24-20-37)55-31-11-9-10-12-33-57-45(51)7-3)49-50-44(6-2)36-17-29-42(30-18-36)60-48(54)38-21-25-40(26-22-38)56-32-13-14-34-58-46(52)8-4/h7-8,15-30H,3-6,9-14,31-34H2,1-2H3. The molecule has 0 amide bonds. The normalized spacial score (nSPS) is 11.2. The molecule has 60 heavy (non-hydrogen) atoms. The molecule has 12 heteroatoms. The molecule has 0 atom stereocenters. The predicted octanol–water partition coefficient (Wildman–Crippen LogP) is 9.69. The molecular formula is C48H52N2O10. The molecule has 4 aromatic carbocycles. The minimum Gasteiger partial charge on any atom is -0.494 e. The van der Waals surface area contributed by atoms with Gasteiger partial charge in [-0.3, -0.25) is 0 Å². The highest BCUT2D eigenvalue weighted by Gasteiger charge is 2.12. The third kappa shape index (κ3) is 15.8. The van der Waals surface area contributed by atoms with Gasteiger partial charge in [-0.1, -0.05) is 27.0 Å². The lowest BCUT2D eigenvalue weighted by molar-refractivity contribution is -0.138. The second-order valence-electron chi connectivity index (χ2n) is 13.2. The van der Waals surface area contributed by atoms with Crippen molar-refractivity contribution in [2.75, 3.05) is 26.4 Å². The van der Waals surface area contributed by atoms with Gasteiger partial charge in [0, 0.05) is 12.2 Å². The summed E-state index contributed by atoms with van der Waals surface area (Å²) in [5.41, 5.74) is 3.99. The van der Waals surface area contributed by atoms with Gasteiger partial charge in [0.05, 0.1) is 49.0 Å². The van der Waals surface area contributed by atoms with Crippen molar-refractivity contribution in [1.29, 1.82) is 0 Å². The van der Waals surface area contributed by atoms with Gasteiger partial charge < -0.3 is 28.4 Å². The number of carbonyl (C=O) groups excluding carboxylic acids is 4. The number of hydrogen-bond acceptors (Lipinski definition) is 12.